The van der Waals surface area contributed by atoms with Crippen molar-refractivity contribution in [2.45, 2.75) is 32.2 Å². The predicted octanol–water partition coefficient (Wildman–Crippen LogP) is 2.30. The van der Waals surface area contributed by atoms with Crippen LogP contribution >= 0.6 is 0 Å². The van der Waals surface area contributed by atoms with Crippen molar-refractivity contribution in [2.24, 2.45) is 5.73 Å². The topological polar surface area (TPSA) is 78.1 Å². The summed E-state index contributed by atoms with van der Waals surface area (Å²) in [6, 6.07) is 3.54. The maximum absolute atomic E-state index is 6.17. The van der Waals surface area contributed by atoms with Crippen molar-refractivity contribution in [2.75, 3.05) is 0 Å². The van der Waals surface area contributed by atoms with Crippen molar-refractivity contribution in [3.8, 4) is 11.7 Å². The van der Waals surface area contributed by atoms with E-state index in [1.54, 1.807) is 18.4 Å². The number of rotatable bonds is 4. The van der Waals surface area contributed by atoms with Gasteiger partial charge in [-0.25, -0.2) is 0 Å². The predicted molar refractivity (Wildman–Crippen MR) is 58.4 cm³/mol. The molecule has 86 valence electrons. The minimum Gasteiger partial charge on any atom is -0.459 e. The van der Waals surface area contributed by atoms with Crippen LogP contribution in [0.25, 0.3) is 11.7 Å². The third kappa shape index (κ3) is 1.74. The summed E-state index contributed by atoms with van der Waals surface area (Å²) in [5, 5.41) is 3.91. The molecule has 0 radical (unpaired) electrons. The van der Waals surface area contributed by atoms with E-state index in [9.17, 15) is 0 Å². The third-order valence-corrected chi connectivity index (χ3v) is 2.87. The molecule has 0 saturated carbocycles. The fourth-order valence-electron chi connectivity index (χ4n) is 1.49. The quantitative estimate of drug-likeness (QED) is 0.857. The molecule has 2 heterocycles. The van der Waals surface area contributed by atoms with Crippen molar-refractivity contribution in [3.05, 3.63) is 24.2 Å². The van der Waals surface area contributed by atoms with Crippen molar-refractivity contribution in [3.63, 3.8) is 0 Å². The summed E-state index contributed by atoms with van der Waals surface area (Å²) < 4.78 is 10.3. The average molecular weight is 221 g/mol. The van der Waals surface area contributed by atoms with Gasteiger partial charge >= 0.3 is 0 Å². The molecule has 0 aromatic carbocycles. The lowest BCUT2D eigenvalue weighted by atomic mass is 9.93. The van der Waals surface area contributed by atoms with Gasteiger partial charge in [0.1, 0.15) is 0 Å². The van der Waals surface area contributed by atoms with E-state index < -0.39 is 5.54 Å². The molecule has 0 fully saturated rings. The second kappa shape index (κ2) is 4.09. The summed E-state index contributed by atoms with van der Waals surface area (Å²) in [5.74, 6) is 1.47. The summed E-state index contributed by atoms with van der Waals surface area (Å²) in [5.41, 5.74) is 5.65. The second-order valence-electron chi connectivity index (χ2n) is 3.76. The van der Waals surface area contributed by atoms with Crippen molar-refractivity contribution in [1.82, 2.24) is 10.1 Å². The molecule has 2 aromatic heterocycles. The largest absolute Gasteiger partial charge is 0.459 e. The minimum absolute atomic E-state index is 0.372. The Balaban J connectivity index is 2.33. The van der Waals surface area contributed by atoms with Crippen LogP contribution in [-0.4, -0.2) is 10.1 Å². The van der Waals surface area contributed by atoms with E-state index in [-0.39, 0.29) is 0 Å². The van der Waals surface area contributed by atoms with Gasteiger partial charge in [-0.15, -0.1) is 0 Å². The number of hydrogen-bond acceptors (Lipinski definition) is 5. The standard InChI is InChI=1S/C11H15N3O2/c1-3-11(12,4-2)10-13-9(16-14-10)8-6-5-7-15-8/h5-7H,3-4,12H2,1-2H3. The molecule has 0 aliphatic carbocycles. The summed E-state index contributed by atoms with van der Waals surface area (Å²) in [6.07, 6.45) is 3.09. The number of aromatic nitrogens is 2. The summed E-state index contributed by atoms with van der Waals surface area (Å²) in [4.78, 5) is 4.27. The fourth-order valence-corrected chi connectivity index (χ4v) is 1.49. The smallest absolute Gasteiger partial charge is 0.293 e. The van der Waals surface area contributed by atoms with Gasteiger partial charge < -0.3 is 14.7 Å². The molecule has 2 N–H and O–H groups in total. The molecule has 0 bridgehead atoms. The Hall–Kier alpha value is -1.62. The maximum atomic E-state index is 6.17. The molecule has 0 aliphatic rings. The van der Waals surface area contributed by atoms with E-state index in [1.165, 1.54) is 0 Å². The van der Waals surface area contributed by atoms with Gasteiger partial charge in [0.15, 0.2) is 11.6 Å². The lowest BCUT2D eigenvalue weighted by molar-refractivity contribution is 0.348. The van der Waals surface area contributed by atoms with Gasteiger partial charge in [-0.1, -0.05) is 19.0 Å². The van der Waals surface area contributed by atoms with Gasteiger partial charge in [0.2, 0.25) is 0 Å². The van der Waals surface area contributed by atoms with Crippen LogP contribution in [0.1, 0.15) is 32.5 Å². The number of hydrogen-bond donors (Lipinski definition) is 1. The first kappa shape index (κ1) is 10.9. The molecule has 0 spiro atoms. The number of nitrogens with two attached hydrogens (primary N) is 1. The summed E-state index contributed by atoms with van der Waals surface area (Å²) >= 11 is 0. The highest BCUT2D eigenvalue weighted by Gasteiger charge is 2.29. The van der Waals surface area contributed by atoms with Crippen LogP contribution in [-0.2, 0) is 5.54 Å². The molecule has 0 unspecified atom stereocenters. The maximum Gasteiger partial charge on any atom is 0.293 e. The highest BCUT2D eigenvalue weighted by atomic mass is 16.5. The van der Waals surface area contributed by atoms with Crippen LogP contribution in [0, 0.1) is 0 Å². The zero-order valence-electron chi connectivity index (χ0n) is 9.43. The third-order valence-electron chi connectivity index (χ3n) is 2.87. The first-order valence-corrected chi connectivity index (χ1v) is 5.36. The Morgan fingerprint density at radius 1 is 1.38 bits per heavy atom. The van der Waals surface area contributed by atoms with Gasteiger partial charge in [0.25, 0.3) is 5.89 Å². The Morgan fingerprint density at radius 3 is 2.69 bits per heavy atom. The van der Waals surface area contributed by atoms with Crippen molar-refractivity contribution < 1.29 is 8.94 Å². The van der Waals surface area contributed by atoms with Gasteiger partial charge in [-0.3, -0.25) is 0 Å². The first-order chi connectivity index (χ1) is 7.69. The second-order valence-corrected chi connectivity index (χ2v) is 3.76. The van der Waals surface area contributed by atoms with Crippen LogP contribution in [0.3, 0.4) is 0 Å². The molecule has 0 saturated heterocycles. The van der Waals surface area contributed by atoms with Crippen molar-refractivity contribution in [1.29, 1.82) is 0 Å². The molecular weight excluding hydrogens is 206 g/mol. The van der Waals surface area contributed by atoms with Crippen molar-refractivity contribution >= 4 is 0 Å². The van der Waals surface area contributed by atoms with E-state index in [2.05, 4.69) is 10.1 Å². The Kier molecular flexibility index (Phi) is 2.78. The molecule has 5 nitrogen and oxygen atoms in total. The first-order valence-electron chi connectivity index (χ1n) is 5.36. The van der Waals surface area contributed by atoms with Crippen LogP contribution in [0.4, 0.5) is 0 Å². The zero-order valence-corrected chi connectivity index (χ0v) is 9.43. The van der Waals surface area contributed by atoms with E-state index in [0.29, 0.717) is 17.5 Å². The minimum atomic E-state index is -0.520. The van der Waals surface area contributed by atoms with E-state index >= 15 is 0 Å². The summed E-state index contributed by atoms with van der Waals surface area (Å²) in [7, 11) is 0. The molecule has 5 heteroatoms. The van der Waals surface area contributed by atoms with Crippen LogP contribution in [0.2, 0.25) is 0 Å². The zero-order chi connectivity index (χ0) is 11.6. The molecule has 2 aromatic rings. The number of furan rings is 1. The Labute approximate surface area is 93.6 Å². The normalized spacial score (nSPS) is 11.9. The van der Waals surface area contributed by atoms with Crippen LogP contribution < -0.4 is 5.73 Å². The Bertz CT molecular complexity index is 444. The van der Waals surface area contributed by atoms with Gasteiger partial charge in [0, 0.05) is 0 Å². The van der Waals surface area contributed by atoms with Gasteiger partial charge in [-0.2, -0.15) is 4.98 Å². The number of nitrogens with zero attached hydrogens (tertiary/aromatic N) is 2. The lowest BCUT2D eigenvalue weighted by Gasteiger charge is -2.21. The lowest BCUT2D eigenvalue weighted by Crippen LogP contribution is -2.36. The molecule has 16 heavy (non-hydrogen) atoms. The highest BCUT2D eigenvalue weighted by Crippen LogP contribution is 2.25. The highest BCUT2D eigenvalue weighted by molar-refractivity contribution is 5.43. The fraction of sp³-hybridized carbons (Fsp3) is 0.455. The molecular formula is C11H15N3O2. The monoisotopic (exact) mass is 221 g/mol. The molecule has 0 amide bonds. The van der Waals surface area contributed by atoms with Gasteiger partial charge in [-0.05, 0) is 25.0 Å². The van der Waals surface area contributed by atoms with Crippen LogP contribution in [0.5, 0.6) is 0 Å². The van der Waals surface area contributed by atoms with E-state index in [1.807, 2.05) is 13.8 Å². The molecule has 2 rings (SSSR count). The van der Waals surface area contributed by atoms with Crippen LogP contribution in [0.15, 0.2) is 27.3 Å². The molecule has 0 atom stereocenters. The van der Waals surface area contributed by atoms with E-state index in [4.69, 9.17) is 14.7 Å². The Morgan fingerprint density at radius 2 is 2.12 bits per heavy atom. The SMILES string of the molecule is CCC(N)(CC)c1noc(-c2ccco2)n1. The summed E-state index contributed by atoms with van der Waals surface area (Å²) in [6.45, 7) is 4.01. The average Bonchev–Trinajstić information content (AvgIpc) is 2.97. The van der Waals surface area contributed by atoms with E-state index in [0.717, 1.165) is 12.8 Å². The molecule has 0 aliphatic heterocycles. The van der Waals surface area contributed by atoms with Gasteiger partial charge in [0.05, 0.1) is 11.8 Å².